The number of carbonyl (C=O) groups is 2. The van der Waals surface area contributed by atoms with E-state index in [0.717, 1.165) is 18.4 Å². The molecular weight excluding hydrogens is 328 g/mol. The van der Waals surface area contributed by atoms with Gasteiger partial charge in [-0.25, -0.2) is 4.79 Å². The maximum absolute atomic E-state index is 12.3. The smallest absolute Gasteiger partial charge is 0.315 e. The summed E-state index contributed by atoms with van der Waals surface area (Å²) in [6.45, 7) is 3.70. The summed E-state index contributed by atoms with van der Waals surface area (Å²) in [6, 6.07) is 6.92. The maximum atomic E-state index is 12.3. The van der Waals surface area contributed by atoms with Crippen molar-refractivity contribution in [3.8, 4) is 0 Å². The molecule has 1 aromatic carbocycles. The first-order valence-corrected chi connectivity index (χ1v) is 8.63. The lowest BCUT2D eigenvalue weighted by atomic mass is 9.92. The Morgan fingerprint density at radius 2 is 2.00 bits per heavy atom. The zero-order chi connectivity index (χ0) is 17.5. The number of nitrogens with two attached hydrogens (primary N) is 1. The number of urea groups is 1. The molecule has 2 atom stereocenters. The third-order valence-corrected chi connectivity index (χ3v) is 4.59. The summed E-state index contributed by atoms with van der Waals surface area (Å²) < 4.78 is 0. The summed E-state index contributed by atoms with van der Waals surface area (Å²) in [7, 11) is 0. The molecule has 0 spiro atoms. The summed E-state index contributed by atoms with van der Waals surface area (Å²) >= 11 is 5.81. The molecule has 0 saturated carbocycles. The van der Waals surface area contributed by atoms with E-state index in [0.29, 0.717) is 30.6 Å². The van der Waals surface area contributed by atoms with E-state index in [9.17, 15) is 9.59 Å². The fourth-order valence-corrected chi connectivity index (χ4v) is 3.03. The van der Waals surface area contributed by atoms with Crippen LogP contribution in [0.15, 0.2) is 24.3 Å². The molecule has 0 aliphatic carbocycles. The van der Waals surface area contributed by atoms with E-state index < -0.39 is 0 Å². The number of nitrogens with one attached hydrogen (secondary N) is 2. The first kappa shape index (κ1) is 18.5. The highest BCUT2D eigenvalue weighted by Crippen LogP contribution is 2.21. The average Bonchev–Trinajstić information content (AvgIpc) is 2.59. The van der Waals surface area contributed by atoms with E-state index in [-0.39, 0.29) is 24.5 Å². The Morgan fingerprint density at radius 3 is 2.67 bits per heavy atom. The van der Waals surface area contributed by atoms with Gasteiger partial charge in [0.2, 0.25) is 5.91 Å². The van der Waals surface area contributed by atoms with Gasteiger partial charge in [0.15, 0.2) is 0 Å². The molecule has 4 N–H and O–H groups in total. The second-order valence-corrected chi connectivity index (χ2v) is 6.71. The highest BCUT2D eigenvalue weighted by Gasteiger charge is 2.28. The van der Waals surface area contributed by atoms with Crippen molar-refractivity contribution in [1.29, 1.82) is 0 Å². The Labute approximate surface area is 147 Å². The molecule has 2 rings (SSSR count). The Kier molecular flexibility index (Phi) is 6.87. The van der Waals surface area contributed by atoms with Crippen LogP contribution < -0.4 is 16.4 Å². The molecule has 0 radical (unpaired) electrons. The van der Waals surface area contributed by atoms with E-state index in [2.05, 4.69) is 17.6 Å². The largest absolute Gasteiger partial charge is 0.337 e. The molecule has 1 saturated heterocycles. The molecule has 0 bridgehead atoms. The number of likely N-dealkylation sites (tertiary alicyclic amines) is 1. The van der Waals surface area contributed by atoms with Crippen LogP contribution in [0.2, 0.25) is 5.02 Å². The van der Waals surface area contributed by atoms with Crippen LogP contribution in [0, 0.1) is 5.92 Å². The number of amides is 3. The van der Waals surface area contributed by atoms with Crippen LogP contribution >= 0.6 is 11.6 Å². The van der Waals surface area contributed by atoms with Crippen LogP contribution in [0.4, 0.5) is 4.79 Å². The van der Waals surface area contributed by atoms with Gasteiger partial charge in [-0.15, -0.1) is 0 Å². The molecule has 3 amide bonds. The summed E-state index contributed by atoms with van der Waals surface area (Å²) in [5, 5.41) is 5.98. The number of benzene rings is 1. The number of halogens is 1. The number of piperidine rings is 1. The summed E-state index contributed by atoms with van der Waals surface area (Å²) in [5.41, 5.74) is 6.71. The van der Waals surface area contributed by atoms with Crippen molar-refractivity contribution in [3.63, 3.8) is 0 Å². The number of hydrogen-bond acceptors (Lipinski definition) is 3. The van der Waals surface area contributed by atoms with E-state index in [4.69, 9.17) is 17.3 Å². The van der Waals surface area contributed by atoms with Crippen molar-refractivity contribution >= 4 is 23.5 Å². The first-order chi connectivity index (χ1) is 11.5. The van der Waals surface area contributed by atoms with E-state index in [1.54, 1.807) is 17.0 Å². The van der Waals surface area contributed by atoms with Gasteiger partial charge in [-0.2, -0.15) is 0 Å². The minimum absolute atomic E-state index is 0.0165. The number of nitrogens with zero attached hydrogens (tertiary/aromatic N) is 1. The average molecular weight is 353 g/mol. The Balaban J connectivity index is 1.74. The van der Waals surface area contributed by atoms with Gasteiger partial charge >= 0.3 is 6.03 Å². The lowest BCUT2D eigenvalue weighted by molar-refractivity contribution is -0.134. The molecule has 1 fully saturated rings. The summed E-state index contributed by atoms with van der Waals surface area (Å²) in [4.78, 5) is 25.9. The van der Waals surface area contributed by atoms with Crippen LogP contribution in [0.3, 0.4) is 0 Å². The molecule has 0 aromatic heterocycles. The maximum Gasteiger partial charge on any atom is 0.315 e. The zero-order valence-electron chi connectivity index (χ0n) is 13.9. The monoisotopic (exact) mass is 352 g/mol. The molecule has 1 aliphatic heterocycles. The molecule has 24 heavy (non-hydrogen) atoms. The van der Waals surface area contributed by atoms with Gasteiger partial charge in [-0.05, 0) is 36.5 Å². The van der Waals surface area contributed by atoms with Gasteiger partial charge in [-0.3, -0.25) is 4.79 Å². The fraction of sp³-hybridized carbons (Fsp3) is 0.529. The highest BCUT2D eigenvalue weighted by atomic mass is 35.5. The lowest BCUT2D eigenvalue weighted by Gasteiger charge is -2.38. The van der Waals surface area contributed by atoms with E-state index in [1.165, 1.54) is 0 Å². The molecule has 1 aliphatic rings. The van der Waals surface area contributed by atoms with Crippen LogP contribution in [0.25, 0.3) is 0 Å². The van der Waals surface area contributed by atoms with Crippen molar-refractivity contribution in [2.75, 3.05) is 19.6 Å². The van der Waals surface area contributed by atoms with Crippen LogP contribution in [0.5, 0.6) is 0 Å². The van der Waals surface area contributed by atoms with E-state index in [1.807, 2.05) is 12.1 Å². The molecule has 1 heterocycles. The van der Waals surface area contributed by atoms with Gasteiger partial charge < -0.3 is 21.3 Å². The molecule has 132 valence electrons. The molecule has 2 unspecified atom stereocenters. The number of hydrogen-bond donors (Lipinski definition) is 3. The van der Waals surface area contributed by atoms with Crippen molar-refractivity contribution in [1.82, 2.24) is 15.5 Å². The second-order valence-electron chi connectivity index (χ2n) is 6.27. The third kappa shape index (κ3) is 5.39. The topological polar surface area (TPSA) is 87.5 Å². The summed E-state index contributed by atoms with van der Waals surface area (Å²) in [5.74, 6) is 0.497. The molecule has 6 nitrogen and oxygen atoms in total. The standard InChI is InChI=1S/C17H25ClN4O2/c1-12-6-7-22(15(8-12)9-19)16(23)11-21-17(24)20-10-13-2-4-14(18)5-3-13/h2-5,12,15H,6-11,19H2,1H3,(H2,20,21,24). The Hall–Kier alpha value is -1.79. The Morgan fingerprint density at radius 1 is 1.29 bits per heavy atom. The van der Waals surface area contributed by atoms with Crippen LogP contribution in [-0.2, 0) is 11.3 Å². The zero-order valence-corrected chi connectivity index (χ0v) is 14.7. The lowest BCUT2D eigenvalue weighted by Crippen LogP contribution is -2.52. The second kappa shape index (κ2) is 8.89. The predicted octanol–water partition coefficient (Wildman–Crippen LogP) is 1.72. The van der Waals surface area contributed by atoms with Gasteiger partial charge in [-0.1, -0.05) is 30.7 Å². The van der Waals surface area contributed by atoms with Gasteiger partial charge in [0.25, 0.3) is 0 Å². The highest BCUT2D eigenvalue weighted by molar-refractivity contribution is 6.30. The van der Waals surface area contributed by atoms with Gasteiger partial charge in [0.05, 0.1) is 6.54 Å². The summed E-state index contributed by atoms with van der Waals surface area (Å²) in [6.07, 6.45) is 1.90. The SMILES string of the molecule is CC1CCN(C(=O)CNC(=O)NCc2ccc(Cl)cc2)C(CN)C1. The van der Waals surface area contributed by atoms with Crippen molar-refractivity contribution < 1.29 is 9.59 Å². The van der Waals surface area contributed by atoms with Crippen LogP contribution in [0.1, 0.15) is 25.3 Å². The van der Waals surface area contributed by atoms with Crippen LogP contribution in [-0.4, -0.2) is 42.5 Å². The van der Waals surface area contributed by atoms with Gasteiger partial charge in [0.1, 0.15) is 0 Å². The van der Waals surface area contributed by atoms with Crippen molar-refractivity contribution in [3.05, 3.63) is 34.9 Å². The van der Waals surface area contributed by atoms with E-state index >= 15 is 0 Å². The third-order valence-electron chi connectivity index (χ3n) is 4.34. The fourth-order valence-electron chi connectivity index (χ4n) is 2.91. The van der Waals surface area contributed by atoms with Crippen molar-refractivity contribution in [2.45, 2.75) is 32.4 Å². The normalized spacial score (nSPS) is 20.5. The van der Waals surface area contributed by atoms with Gasteiger partial charge in [0, 0.05) is 30.7 Å². The minimum Gasteiger partial charge on any atom is -0.337 e. The quantitative estimate of drug-likeness (QED) is 0.754. The number of rotatable bonds is 5. The molecular formula is C17H25ClN4O2. The molecule has 7 heteroatoms. The Bertz CT molecular complexity index is 564. The minimum atomic E-state index is -0.368. The predicted molar refractivity (Wildman–Crippen MR) is 94.6 cm³/mol. The van der Waals surface area contributed by atoms with Crippen molar-refractivity contribution in [2.24, 2.45) is 11.7 Å². The molecule has 1 aromatic rings. The first-order valence-electron chi connectivity index (χ1n) is 8.25. The number of carbonyl (C=O) groups excluding carboxylic acids is 2.